The number of rotatable bonds is 5. The molecule has 120 valence electrons. The van der Waals surface area contributed by atoms with E-state index in [0.29, 0.717) is 12.3 Å². The normalized spacial score (nSPS) is 16.5. The molecule has 2 aromatic rings. The lowest BCUT2D eigenvalue weighted by molar-refractivity contribution is -0.123. The highest BCUT2D eigenvalue weighted by Crippen LogP contribution is 2.21. The van der Waals surface area contributed by atoms with Gasteiger partial charge in [-0.15, -0.1) is 0 Å². The van der Waals surface area contributed by atoms with E-state index in [4.69, 9.17) is 4.74 Å². The predicted octanol–water partition coefficient (Wildman–Crippen LogP) is 2.21. The highest BCUT2D eigenvalue weighted by atomic mass is 19.1. The van der Waals surface area contributed by atoms with Gasteiger partial charge < -0.3 is 15.4 Å². The first-order valence-corrected chi connectivity index (χ1v) is 7.68. The summed E-state index contributed by atoms with van der Waals surface area (Å²) in [6, 6.07) is 14.1. The summed E-state index contributed by atoms with van der Waals surface area (Å²) < 4.78 is 18.3. The maximum Gasteiger partial charge on any atom is 0.258 e. The number of halogens is 1. The van der Waals surface area contributed by atoms with Crippen LogP contribution in [-0.4, -0.2) is 25.6 Å². The summed E-state index contributed by atoms with van der Waals surface area (Å²) >= 11 is 0. The van der Waals surface area contributed by atoms with Crippen molar-refractivity contribution in [3.63, 3.8) is 0 Å². The van der Waals surface area contributed by atoms with E-state index in [1.807, 2.05) is 12.1 Å². The molecule has 0 saturated heterocycles. The summed E-state index contributed by atoms with van der Waals surface area (Å²) in [5.41, 5.74) is 2.55. The van der Waals surface area contributed by atoms with E-state index >= 15 is 0 Å². The first-order valence-electron chi connectivity index (χ1n) is 7.68. The van der Waals surface area contributed by atoms with Crippen LogP contribution in [0.3, 0.4) is 0 Å². The van der Waals surface area contributed by atoms with Crippen molar-refractivity contribution in [3.8, 4) is 5.75 Å². The maximum atomic E-state index is 13.0. The fourth-order valence-electron chi connectivity index (χ4n) is 2.75. The standard InChI is InChI=1S/C18H19FN2O2/c19-14-5-3-6-15(10-14)23-12-18(22)21-11-17-16-7-2-1-4-13(16)8-9-20-17/h1-7,10,17,20H,8-9,11-12H2,(H,21,22). The van der Waals surface area contributed by atoms with Crippen molar-refractivity contribution >= 4 is 5.91 Å². The molecule has 2 N–H and O–H groups in total. The second-order valence-electron chi connectivity index (χ2n) is 5.51. The molecule has 1 heterocycles. The molecule has 4 nitrogen and oxygen atoms in total. The highest BCUT2D eigenvalue weighted by molar-refractivity contribution is 5.77. The van der Waals surface area contributed by atoms with Gasteiger partial charge in [-0.3, -0.25) is 4.79 Å². The average molecular weight is 314 g/mol. The molecular weight excluding hydrogens is 295 g/mol. The second-order valence-corrected chi connectivity index (χ2v) is 5.51. The first kappa shape index (κ1) is 15.5. The maximum absolute atomic E-state index is 13.0. The summed E-state index contributed by atoms with van der Waals surface area (Å²) in [6.07, 6.45) is 1.00. The third kappa shape index (κ3) is 4.07. The van der Waals surface area contributed by atoms with Gasteiger partial charge in [-0.1, -0.05) is 30.3 Å². The number of nitrogens with one attached hydrogen (secondary N) is 2. The Morgan fingerprint density at radius 2 is 2.13 bits per heavy atom. The SMILES string of the molecule is O=C(COc1cccc(F)c1)NCC1NCCc2ccccc21. The number of amides is 1. The fourth-order valence-corrected chi connectivity index (χ4v) is 2.75. The minimum Gasteiger partial charge on any atom is -0.484 e. The van der Waals surface area contributed by atoms with Gasteiger partial charge in [0, 0.05) is 18.7 Å². The van der Waals surface area contributed by atoms with Gasteiger partial charge in [0.2, 0.25) is 0 Å². The van der Waals surface area contributed by atoms with Gasteiger partial charge in [-0.2, -0.15) is 0 Å². The molecule has 0 saturated carbocycles. The Kier molecular flexibility index (Phi) is 4.88. The molecule has 0 aromatic heterocycles. The summed E-state index contributed by atoms with van der Waals surface area (Å²) in [4.78, 5) is 11.9. The van der Waals surface area contributed by atoms with Crippen molar-refractivity contribution in [1.29, 1.82) is 0 Å². The number of carbonyl (C=O) groups is 1. The van der Waals surface area contributed by atoms with Crippen molar-refractivity contribution in [3.05, 3.63) is 65.5 Å². The van der Waals surface area contributed by atoms with Crippen LogP contribution in [0.5, 0.6) is 5.75 Å². The molecule has 1 unspecified atom stereocenters. The Balaban J connectivity index is 1.50. The zero-order valence-corrected chi connectivity index (χ0v) is 12.7. The Morgan fingerprint density at radius 1 is 1.26 bits per heavy atom. The Labute approximate surface area is 134 Å². The van der Waals surface area contributed by atoms with Crippen LogP contribution in [-0.2, 0) is 11.2 Å². The smallest absolute Gasteiger partial charge is 0.258 e. The van der Waals surface area contributed by atoms with Crippen molar-refractivity contribution in [2.75, 3.05) is 19.7 Å². The number of benzene rings is 2. The Bertz CT molecular complexity index is 690. The predicted molar refractivity (Wildman–Crippen MR) is 85.8 cm³/mol. The van der Waals surface area contributed by atoms with Gasteiger partial charge in [0.25, 0.3) is 5.91 Å². The molecule has 23 heavy (non-hydrogen) atoms. The third-order valence-electron chi connectivity index (χ3n) is 3.88. The van der Waals surface area contributed by atoms with Crippen LogP contribution in [0.4, 0.5) is 4.39 Å². The van der Waals surface area contributed by atoms with Crippen LogP contribution < -0.4 is 15.4 Å². The van der Waals surface area contributed by atoms with Crippen molar-refractivity contribution in [1.82, 2.24) is 10.6 Å². The highest BCUT2D eigenvalue weighted by Gasteiger charge is 2.19. The quantitative estimate of drug-likeness (QED) is 0.889. The molecule has 3 rings (SSSR count). The van der Waals surface area contributed by atoms with E-state index in [-0.39, 0.29) is 24.4 Å². The second kappa shape index (κ2) is 7.24. The molecular formula is C18H19FN2O2. The average Bonchev–Trinajstić information content (AvgIpc) is 2.58. The van der Waals surface area contributed by atoms with Gasteiger partial charge in [0.15, 0.2) is 6.61 Å². The molecule has 1 aliphatic rings. The van der Waals surface area contributed by atoms with E-state index in [1.165, 1.54) is 23.3 Å². The largest absolute Gasteiger partial charge is 0.484 e. The number of hydrogen-bond donors (Lipinski definition) is 2. The molecule has 1 atom stereocenters. The summed E-state index contributed by atoms with van der Waals surface area (Å²) in [5.74, 6) is -0.258. The van der Waals surface area contributed by atoms with Gasteiger partial charge in [-0.05, 0) is 36.2 Å². The lowest BCUT2D eigenvalue weighted by Gasteiger charge is -2.27. The molecule has 2 aromatic carbocycles. The Morgan fingerprint density at radius 3 is 3.00 bits per heavy atom. The molecule has 1 aliphatic heterocycles. The monoisotopic (exact) mass is 314 g/mol. The van der Waals surface area contributed by atoms with E-state index in [0.717, 1.165) is 13.0 Å². The van der Waals surface area contributed by atoms with Crippen LogP contribution in [0.2, 0.25) is 0 Å². The summed E-state index contributed by atoms with van der Waals surface area (Å²) in [7, 11) is 0. The number of carbonyl (C=O) groups excluding carboxylic acids is 1. The fraction of sp³-hybridized carbons (Fsp3) is 0.278. The van der Waals surface area contributed by atoms with Crippen molar-refractivity contribution in [2.45, 2.75) is 12.5 Å². The lowest BCUT2D eigenvalue weighted by atomic mass is 9.94. The molecule has 0 radical (unpaired) electrons. The number of hydrogen-bond acceptors (Lipinski definition) is 3. The third-order valence-corrected chi connectivity index (χ3v) is 3.88. The Hall–Kier alpha value is -2.40. The van der Waals surface area contributed by atoms with Crippen LogP contribution in [0, 0.1) is 5.82 Å². The van der Waals surface area contributed by atoms with Crippen LogP contribution in [0.25, 0.3) is 0 Å². The van der Waals surface area contributed by atoms with Gasteiger partial charge in [0.05, 0.1) is 0 Å². The van der Waals surface area contributed by atoms with E-state index in [9.17, 15) is 9.18 Å². The van der Waals surface area contributed by atoms with Crippen molar-refractivity contribution < 1.29 is 13.9 Å². The van der Waals surface area contributed by atoms with Crippen molar-refractivity contribution in [2.24, 2.45) is 0 Å². The zero-order chi connectivity index (χ0) is 16.1. The molecule has 0 spiro atoms. The molecule has 0 fully saturated rings. The zero-order valence-electron chi connectivity index (χ0n) is 12.7. The minimum atomic E-state index is -0.383. The topological polar surface area (TPSA) is 50.4 Å². The minimum absolute atomic E-state index is 0.109. The molecule has 1 amide bonds. The summed E-state index contributed by atoms with van der Waals surface area (Å²) in [5, 5.41) is 6.26. The summed E-state index contributed by atoms with van der Waals surface area (Å²) in [6.45, 7) is 1.28. The van der Waals surface area contributed by atoms with Crippen LogP contribution in [0.15, 0.2) is 48.5 Å². The van der Waals surface area contributed by atoms with Crippen LogP contribution >= 0.6 is 0 Å². The van der Waals surface area contributed by atoms with Gasteiger partial charge >= 0.3 is 0 Å². The number of ether oxygens (including phenoxy) is 1. The first-order chi connectivity index (χ1) is 11.2. The van der Waals surface area contributed by atoms with E-state index in [1.54, 1.807) is 12.1 Å². The molecule has 0 aliphatic carbocycles. The number of fused-ring (bicyclic) bond motifs is 1. The molecule has 5 heteroatoms. The van der Waals surface area contributed by atoms with Gasteiger partial charge in [-0.25, -0.2) is 4.39 Å². The van der Waals surface area contributed by atoms with Crippen LogP contribution in [0.1, 0.15) is 17.2 Å². The van der Waals surface area contributed by atoms with E-state index < -0.39 is 0 Å². The van der Waals surface area contributed by atoms with Gasteiger partial charge in [0.1, 0.15) is 11.6 Å². The van der Waals surface area contributed by atoms with E-state index in [2.05, 4.69) is 22.8 Å². The lowest BCUT2D eigenvalue weighted by Crippen LogP contribution is -2.40. The molecule has 0 bridgehead atoms.